The highest BCUT2D eigenvalue weighted by Crippen LogP contribution is 2.42. The SMILES string of the molecule is O=C1c2ccccc2C(=O)N1CCP(=O)(O)OC[C@H](O)CO. The number of imide groups is 1. The Morgan fingerprint density at radius 3 is 2.23 bits per heavy atom. The Balaban J connectivity index is 1.97. The van der Waals surface area contributed by atoms with Gasteiger partial charge in [0.1, 0.15) is 6.10 Å². The van der Waals surface area contributed by atoms with Gasteiger partial charge in [-0.3, -0.25) is 19.1 Å². The molecule has 1 aromatic rings. The third kappa shape index (κ3) is 3.60. The standard InChI is InChI=1S/C13H16NO7P/c15-7-9(16)8-21-22(19,20)6-5-14-12(17)10-3-1-2-4-11(10)13(14)18/h1-4,9,15-16H,5-8H2,(H,19,20)/t9-/m1/s1. The minimum absolute atomic E-state index is 0.261. The fourth-order valence-electron chi connectivity index (χ4n) is 1.99. The van der Waals surface area contributed by atoms with E-state index in [9.17, 15) is 19.0 Å². The van der Waals surface area contributed by atoms with Gasteiger partial charge in [-0.25, -0.2) is 0 Å². The van der Waals surface area contributed by atoms with Gasteiger partial charge < -0.3 is 19.6 Å². The molecule has 1 unspecified atom stereocenters. The van der Waals surface area contributed by atoms with E-state index in [1.165, 1.54) is 12.1 Å². The van der Waals surface area contributed by atoms with Crippen LogP contribution in [-0.4, -0.2) is 63.8 Å². The lowest BCUT2D eigenvalue weighted by Crippen LogP contribution is -2.32. The summed E-state index contributed by atoms with van der Waals surface area (Å²) in [7, 11) is -4.08. The smallest absolute Gasteiger partial charge is 0.330 e. The molecule has 0 aromatic heterocycles. The van der Waals surface area contributed by atoms with E-state index in [1.54, 1.807) is 12.1 Å². The molecule has 0 spiro atoms. The molecule has 0 saturated heterocycles. The lowest BCUT2D eigenvalue weighted by Gasteiger charge is -2.18. The van der Waals surface area contributed by atoms with Gasteiger partial charge in [0.25, 0.3) is 11.8 Å². The van der Waals surface area contributed by atoms with Gasteiger partial charge in [0, 0.05) is 6.54 Å². The molecule has 120 valence electrons. The minimum atomic E-state index is -4.08. The number of carbonyl (C=O) groups excluding carboxylic acids is 2. The molecule has 0 fully saturated rings. The van der Waals surface area contributed by atoms with Crippen LogP contribution in [0.4, 0.5) is 0 Å². The highest BCUT2D eigenvalue weighted by Gasteiger charge is 2.36. The molecule has 1 aromatic carbocycles. The Morgan fingerprint density at radius 1 is 1.18 bits per heavy atom. The summed E-state index contributed by atoms with van der Waals surface area (Å²) in [5.41, 5.74) is 0.522. The molecule has 1 aliphatic rings. The maximum atomic E-state index is 12.1. The summed E-state index contributed by atoms with van der Waals surface area (Å²) >= 11 is 0. The Kier molecular flexibility index (Phi) is 5.10. The predicted octanol–water partition coefficient (Wildman–Crippen LogP) is -0.162. The zero-order valence-electron chi connectivity index (χ0n) is 11.6. The minimum Gasteiger partial charge on any atom is -0.394 e. The molecule has 2 atom stereocenters. The molecule has 22 heavy (non-hydrogen) atoms. The molecule has 9 heteroatoms. The van der Waals surface area contributed by atoms with Crippen molar-refractivity contribution < 1.29 is 33.8 Å². The molecule has 0 bridgehead atoms. The summed E-state index contributed by atoms with van der Waals surface area (Å²) in [5, 5.41) is 17.7. The van der Waals surface area contributed by atoms with Crippen LogP contribution in [0.15, 0.2) is 24.3 Å². The number of fused-ring (bicyclic) bond motifs is 1. The van der Waals surface area contributed by atoms with Crippen LogP contribution in [0.3, 0.4) is 0 Å². The monoisotopic (exact) mass is 329 g/mol. The van der Waals surface area contributed by atoms with Crippen molar-refractivity contribution in [2.75, 3.05) is 25.9 Å². The molecule has 0 aliphatic carbocycles. The van der Waals surface area contributed by atoms with Crippen LogP contribution in [0.25, 0.3) is 0 Å². The first kappa shape index (κ1) is 16.8. The fourth-order valence-corrected chi connectivity index (χ4v) is 2.98. The first-order chi connectivity index (χ1) is 10.4. The molecule has 2 amide bonds. The molecular formula is C13H16NO7P. The number of aliphatic hydroxyl groups is 2. The van der Waals surface area contributed by atoms with Crippen molar-refractivity contribution in [2.45, 2.75) is 6.10 Å². The Bertz CT molecular complexity index is 598. The highest BCUT2D eigenvalue weighted by atomic mass is 31.2. The van der Waals surface area contributed by atoms with Crippen molar-refractivity contribution in [3.63, 3.8) is 0 Å². The molecule has 2 rings (SSSR count). The van der Waals surface area contributed by atoms with E-state index < -0.39 is 44.9 Å². The molecular weight excluding hydrogens is 313 g/mol. The van der Waals surface area contributed by atoms with Gasteiger partial charge in [-0.05, 0) is 12.1 Å². The van der Waals surface area contributed by atoms with Crippen molar-refractivity contribution in [3.8, 4) is 0 Å². The normalized spacial score (nSPS) is 18.2. The predicted molar refractivity (Wildman–Crippen MR) is 75.5 cm³/mol. The van der Waals surface area contributed by atoms with Crippen LogP contribution < -0.4 is 0 Å². The number of hydrogen-bond acceptors (Lipinski definition) is 6. The third-order valence-corrected chi connectivity index (χ3v) is 4.48. The molecule has 3 N–H and O–H groups in total. The van der Waals surface area contributed by atoms with Crippen LogP contribution in [-0.2, 0) is 9.09 Å². The number of benzene rings is 1. The van der Waals surface area contributed by atoms with Crippen molar-refractivity contribution in [2.24, 2.45) is 0 Å². The number of carbonyl (C=O) groups is 2. The van der Waals surface area contributed by atoms with E-state index in [4.69, 9.17) is 10.2 Å². The first-order valence-corrected chi connectivity index (χ1v) is 8.32. The summed E-state index contributed by atoms with van der Waals surface area (Å²) in [5.74, 6) is -1.04. The lowest BCUT2D eigenvalue weighted by molar-refractivity contribution is 0.0492. The van der Waals surface area contributed by atoms with Gasteiger partial charge in [-0.15, -0.1) is 0 Å². The lowest BCUT2D eigenvalue weighted by atomic mass is 10.1. The van der Waals surface area contributed by atoms with Gasteiger partial charge in [0.2, 0.25) is 0 Å². The summed E-state index contributed by atoms with van der Waals surface area (Å²) in [6, 6.07) is 6.29. The van der Waals surface area contributed by atoms with E-state index in [1.807, 2.05) is 0 Å². The van der Waals surface area contributed by atoms with Gasteiger partial charge in [-0.1, -0.05) is 12.1 Å². The van der Waals surface area contributed by atoms with Crippen molar-refractivity contribution in [3.05, 3.63) is 35.4 Å². The second-order valence-corrected chi connectivity index (χ2v) is 6.78. The van der Waals surface area contributed by atoms with E-state index in [-0.39, 0.29) is 17.7 Å². The zero-order chi connectivity index (χ0) is 16.3. The summed E-state index contributed by atoms with van der Waals surface area (Å²) in [6.07, 6.45) is -1.71. The number of nitrogens with zero attached hydrogens (tertiary/aromatic N) is 1. The van der Waals surface area contributed by atoms with Gasteiger partial charge in [0.05, 0.1) is 30.5 Å². The second-order valence-electron chi connectivity index (χ2n) is 4.80. The topological polar surface area (TPSA) is 124 Å². The molecule has 8 nitrogen and oxygen atoms in total. The maximum absolute atomic E-state index is 12.1. The van der Waals surface area contributed by atoms with E-state index in [0.717, 1.165) is 4.90 Å². The van der Waals surface area contributed by atoms with Crippen LogP contribution in [0.2, 0.25) is 0 Å². The summed E-state index contributed by atoms with van der Waals surface area (Å²) in [6.45, 7) is -1.37. The van der Waals surface area contributed by atoms with Crippen molar-refractivity contribution in [1.82, 2.24) is 4.90 Å². The quantitative estimate of drug-likeness (QED) is 0.469. The average Bonchev–Trinajstić information content (AvgIpc) is 2.75. The number of aliphatic hydroxyl groups excluding tert-OH is 2. The maximum Gasteiger partial charge on any atom is 0.330 e. The second kappa shape index (κ2) is 6.68. The van der Waals surface area contributed by atoms with E-state index >= 15 is 0 Å². The van der Waals surface area contributed by atoms with Crippen molar-refractivity contribution in [1.29, 1.82) is 0 Å². The van der Waals surface area contributed by atoms with Gasteiger partial charge >= 0.3 is 7.60 Å². The van der Waals surface area contributed by atoms with Crippen LogP contribution in [0.5, 0.6) is 0 Å². The Hall–Kier alpha value is -1.57. The Labute approximate surface area is 126 Å². The Morgan fingerprint density at radius 2 is 1.73 bits per heavy atom. The fraction of sp³-hybridized carbons (Fsp3) is 0.385. The van der Waals surface area contributed by atoms with E-state index in [2.05, 4.69) is 4.52 Å². The largest absolute Gasteiger partial charge is 0.394 e. The van der Waals surface area contributed by atoms with Crippen LogP contribution in [0.1, 0.15) is 20.7 Å². The summed E-state index contributed by atoms with van der Waals surface area (Å²) < 4.78 is 16.4. The van der Waals surface area contributed by atoms with Crippen LogP contribution in [0, 0.1) is 0 Å². The van der Waals surface area contributed by atoms with Crippen molar-refractivity contribution >= 4 is 19.4 Å². The molecule has 0 saturated carbocycles. The number of hydrogen-bond donors (Lipinski definition) is 3. The first-order valence-electron chi connectivity index (χ1n) is 6.56. The number of rotatable bonds is 7. The molecule has 1 aliphatic heterocycles. The van der Waals surface area contributed by atoms with Crippen LogP contribution >= 0.6 is 7.60 Å². The molecule has 0 radical (unpaired) electrons. The van der Waals surface area contributed by atoms with E-state index in [0.29, 0.717) is 0 Å². The highest BCUT2D eigenvalue weighted by molar-refractivity contribution is 7.52. The summed E-state index contributed by atoms with van der Waals surface area (Å²) in [4.78, 5) is 34.6. The molecule has 1 heterocycles. The van der Waals surface area contributed by atoms with Gasteiger partial charge in [0.15, 0.2) is 0 Å². The number of amides is 2. The third-order valence-electron chi connectivity index (χ3n) is 3.16. The average molecular weight is 329 g/mol. The zero-order valence-corrected chi connectivity index (χ0v) is 12.5. The van der Waals surface area contributed by atoms with Gasteiger partial charge in [-0.2, -0.15) is 0 Å².